The zero-order valence-electron chi connectivity index (χ0n) is 12.6. The van der Waals surface area contributed by atoms with Crippen LogP contribution in [-0.4, -0.2) is 30.5 Å². The fourth-order valence-electron chi connectivity index (χ4n) is 2.14. The van der Waals surface area contributed by atoms with Crippen LogP contribution in [0.25, 0.3) is 0 Å². The van der Waals surface area contributed by atoms with Crippen LogP contribution in [0.15, 0.2) is 18.2 Å². The van der Waals surface area contributed by atoms with Crippen molar-refractivity contribution in [3.8, 4) is 0 Å². The topological polar surface area (TPSA) is 96.5 Å². The molecule has 124 valence electrons. The van der Waals surface area contributed by atoms with Crippen LogP contribution in [-0.2, 0) is 20.9 Å². The molecule has 2 bridgehead atoms. The van der Waals surface area contributed by atoms with E-state index in [-0.39, 0.29) is 31.0 Å². The number of carbonyl (C=O) groups is 3. The van der Waals surface area contributed by atoms with E-state index in [2.05, 4.69) is 16.0 Å². The van der Waals surface area contributed by atoms with Crippen molar-refractivity contribution in [2.75, 3.05) is 11.9 Å². The highest BCUT2D eigenvalue weighted by molar-refractivity contribution is 6.33. The summed E-state index contributed by atoms with van der Waals surface area (Å²) < 4.78 is 4.80. The van der Waals surface area contributed by atoms with E-state index in [4.69, 9.17) is 16.3 Å². The van der Waals surface area contributed by atoms with Crippen LogP contribution in [0.3, 0.4) is 0 Å². The number of piperazine rings is 1. The minimum Gasteiger partial charge on any atom is -0.444 e. The Morgan fingerprint density at radius 2 is 2.09 bits per heavy atom. The fraction of sp³-hybridized carbons (Fsp3) is 0.400. The number of fused-ring (bicyclic) bond motifs is 5. The average molecular weight is 340 g/mol. The molecule has 3 aliphatic rings. The molecule has 0 spiro atoms. The summed E-state index contributed by atoms with van der Waals surface area (Å²) in [7, 11) is 0. The van der Waals surface area contributed by atoms with Crippen molar-refractivity contribution in [2.45, 2.75) is 32.4 Å². The Bertz CT molecular complexity index is 621. The van der Waals surface area contributed by atoms with Gasteiger partial charge in [0.05, 0.1) is 17.3 Å². The monoisotopic (exact) mass is 339 g/mol. The van der Waals surface area contributed by atoms with Crippen LogP contribution >= 0.6 is 11.6 Å². The summed E-state index contributed by atoms with van der Waals surface area (Å²) in [4.78, 5) is 32.7. The van der Waals surface area contributed by atoms with Crippen molar-refractivity contribution < 1.29 is 19.1 Å². The highest BCUT2D eigenvalue weighted by atomic mass is 35.5. The molecule has 4 rings (SSSR count). The largest absolute Gasteiger partial charge is 0.444 e. The number of benzene rings is 1. The Labute approximate surface area is 138 Å². The molecule has 0 aromatic heterocycles. The predicted octanol–water partition coefficient (Wildman–Crippen LogP) is 1.80. The normalized spacial score (nSPS) is 19.2. The van der Waals surface area contributed by atoms with Gasteiger partial charge in [-0.2, -0.15) is 0 Å². The molecule has 7 nitrogen and oxygen atoms in total. The molecule has 1 saturated heterocycles. The van der Waals surface area contributed by atoms with Crippen molar-refractivity contribution in [1.29, 1.82) is 0 Å². The highest BCUT2D eigenvalue weighted by Gasteiger charge is 2.24. The first-order chi connectivity index (χ1) is 11.0. The van der Waals surface area contributed by atoms with Gasteiger partial charge in [0.15, 0.2) is 0 Å². The van der Waals surface area contributed by atoms with E-state index in [1.54, 1.807) is 12.1 Å². The van der Waals surface area contributed by atoms with Gasteiger partial charge in [-0.3, -0.25) is 14.9 Å². The summed E-state index contributed by atoms with van der Waals surface area (Å²) in [6.45, 7) is 2.37. The van der Waals surface area contributed by atoms with E-state index in [0.29, 0.717) is 10.7 Å². The van der Waals surface area contributed by atoms with E-state index in [1.165, 1.54) is 0 Å². The van der Waals surface area contributed by atoms with Gasteiger partial charge in [0.25, 0.3) is 0 Å². The smallest absolute Gasteiger partial charge is 0.412 e. The zero-order valence-corrected chi connectivity index (χ0v) is 13.4. The summed E-state index contributed by atoms with van der Waals surface area (Å²) in [5.74, 6) is -0.158. The van der Waals surface area contributed by atoms with Gasteiger partial charge in [0.2, 0.25) is 11.8 Å². The Hall–Kier alpha value is -2.28. The van der Waals surface area contributed by atoms with Crippen LogP contribution < -0.4 is 16.0 Å². The molecular formula is C15H18ClN3O4. The Kier molecular flexibility index (Phi) is 5.81. The summed E-state index contributed by atoms with van der Waals surface area (Å²) >= 11 is 5.84. The molecule has 1 atom stereocenters. The molecular weight excluding hydrogens is 322 g/mol. The fourth-order valence-corrected chi connectivity index (χ4v) is 2.39. The summed E-state index contributed by atoms with van der Waals surface area (Å²) in [5.41, 5.74) is 1.49. The van der Waals surface area contributed by atoms with E-state index >= 15 is 0 Å². The highest BCUT2D eigenvalue weighted by Crippen LogP contribution is 2.25. The summed E-state index contributed by atoms with van der Waals surface area (Å²) in [6, 6.07) is 5.09. The SMILES string of the molecule is CCCC1NC(=O)CNC1=O.O=C1Nc2ccc(cc2Cl)CO1. The lowest BCUT2D eigenvalue weighted by Gasteiger charge is -2.22. The van der Waals surface area contributed by atoms with Crippen LogP contribution in [0.5, 0.6) is 0 Å². The first-order valence-corrected chi connectivity index (χ1v) is 7.66. The third-order valence-corrected chi connectivity index (χ3v) is 3.61. The standard InChI is InChI=1S/C8H6ClNO2.C7H12N2O2/c9-6-3-5-1-2-7(6)10-8(11)12-4-5;1-2-3-5-7(11)8-4-6(10)9-5/h1-3H,4H2,(H,10,11);5H,2-4H2,1H3,(H,8,11)(H,9,10). The zero-order chi connectivity index (χ0) is 16.8. The second kappa shape index (κ2) is 7.82. The first kappa shape index (κ1) is 17.1. The van der Waals surface area contributed by atoms with Crippen molar-refractivity contribution in [3.63, 3.8) is 0 Å². The number of ether oxygens (including phenoxy) is 1. The van der Waals surface area contributed by atoms with Gasteiger partial charge >= 0.3 is 6.09 Å². The number of amides is 3. The van der Waals surface area contributed by atoms with Crippen molar-refractivity contribution in [1.82, 2.24) is 10.6 Å². The average Bonchev–Trinajstić information content (AvgIpc) is 2.50. The molecule has 1 unspecified atom stereocenters. The molecule has 1 fully saturated rings. The van der Waals surface area contributed by atoms with Gasteiger partial charge in [-0.05, 0) is 24.1 Å². The molecule has 1 aromatic rings. The second-order valence-electron chi connectivity index (χ2n) is 5.14. The van der Waals surface area contributed by atoms with Crippen LogP contribution in [0.1, 0.15) is 25.3 Å². The molecule has 3 aliphatic heterocycles. The maximum atomic E-state index is 11.0. The van der Waals surface area contributed by atoms with Gasteiger partial charge in [-0.15, -0.1) is 0 Å². The van der Waals surface area contributed by atoms with Crippen molar-refractivity contribution in [2.24, 2.45) is 0 Å². The molecule has 3 amide bonds. The van der Waals surface area contributed by atoms with Gasteiger partial charge in [-0.1, -0.05) is 31.0 Å². The lowest BCUT2D eigenvalue weighted by Crippen LogP contribution is -2.55. The van der Waals surface area contributed by atoms with Crippen LogP contribution in [0.4, 0.5) is 10.5 Å². The first-order valence-electron chi connectivity index (χ1n) is 7.29. The molecule has 23 heavy (non-hydrogen) atoms. The molecule has 8 heteroatoms. The number of nitrogens with one attached hydrogen (secondary N) is 3. The number of rotatable bonds is 2. The third kappa shape index (κ3) is 4.85. The van der Waals surface area contributed by atoms with Crippen LogP contribution in [0, 0.1) is 0 Å². The quantitative estimate of drug-likeness (QED) is 0.765. The molecule has 0 radical (unpaired) electrons. The van der Waals surface area contributed by atoms with E-state index in [0.717, 1.165) is 18.4 Å². The van der Waals surface area contributed by atoms with E-state index < -0.39 is 6.09 Å². The Morgan fingerprint density at radius 3 is 2.78 bits per heavy atom. The summed E-state index contributed by atoms with van der Waals surface area (Å²) in [5, 5.41) is 8.19. The van der Waals surface area contributed by atoms with Crippen LogP contribution in [0.2, 0.25) is 5.02 Å². The number of hydrogen-bond acceptors (Lipinski definition) is 4. The Balaban J connectivity index is 0.000000168. The van der Waals surface area contributed by atoms with E-state index in [9.17, 15) is 14.4 Å². The van der Waals surface area contributed by atoms with Gasteiger partial charge in [-0.25, -0.2) is 4.79 Å². The minimum absolute atomic E-state index is 0.0635. The maximum Gasteiger partial charge on any atom is 0.412 e. The lowest BCUT2D eigenvalue weighted by atomic mass is 10.1. The molecule has 0 saturated carbocycles. The molecule has 3 N–H and O–H groups in total. The predicted molar refractivity (Wildman–Crippen MR) is 85.1 cm³/mol. The van der Waals surface area contributed by atoms with Gasteiger partial charge < -0.3 is 15.4 Å². The van der Waals surface area contributed by atoms with Crippen molar-refractivity contribution in [3.05, 3.63) is 28.8 Å². The maximum absolute atomic E-state index is 11.0. The molecule has 1 aromatic carbocycles. The van der Waals surface area contributed by atoms with Crippen molar-refractivity contribution >= 4 is 35.2 Å². The molecule has 0 aliphatic carbocycles. The minimum atomic E-state index is -0.460. The lowest BCUT2D eigenvalue weighted by molar-refractivity contribution is -0.133. The van der Waals surface area contributed by atoms with Gasteiger partial charge in [0, 0.05) is 0 Å². The molecule has 3 heterocycles. The second-order valence-corrected chi connectivity index (χ2v) is 5.55. The Morgan fingerprint density at radius 1 is 1.30 bits per heavy atom. The number of halogens is 1. The number of anilines is 1. The summed E-state index contributed by atoms with van der Waals surface area (Å²) in [6.07, 6.45) is 1.16. The number of carbonyl (C=O) groups excluding carboxylic acids is 3. The van der Waals surface area contributed by atoms with E-state index in [1.807, 2.05) is 13.0 Å². The number of hydrogen-bond donors (Lipinski definition) is 3. The van der Waals surface area contributed by atoms with Gasteiger partial charge in [0.1, 0.15) is 12.6 Å². The third-order valence-electron chi connectivity index (χ3n) is 3.29.